The van der Waals surface area contributed by atoms with Crippen LogP contribution in [0, 0.1) is 13.8 Å². The number of amides is 1. The van der Waals surface area contributed by atoms with E-state index in [2.05, 4.69) is 29.0 Å². The fourth-order valence-corrected chi connectivity index (χ4v) is 5.30. The molecule has 0 radical (unpaired) electrons. The van der Waals surface area contributed by atoms with Gasteiger partial charge in [0.25, 0.3) is 5.56 Å². The van der Waals surface area contributed by atoms with Crippen molar-refractivity contribution < 1.29 is 4.79 Å². The Bertz CT molecular complexity index is 1100. The van der Waals surface area contributed by atoms with Crippen molar-refractivity contribution in [1.29, 1.82) is 0 Å². The molecular weight excluding hydrogens is 416 g/mol. The van der Waals surface area contributed by atoms with Crippen LogP contribution in [0.3, 0.4) is 0 Å². The van der Waals surface area contributed by atoms with Crippen molar-refractivity contribution in [3.63, 3.8) is 0 Å². The zero-order chi connectivity index (χ0) is 21.8. The summed E-state index contributed by atoms with van der Waals surface area (Å²) < 4.78 is 1.65. The number of nitrogens with one attached hydrogen (secondary N) is 1. The summed E-state index contributed by atoms with van der Waals surface area (Å²) in [4.78, 5) is 34.1. The van der Waals surface area contributed by atoms with Crippen LogP contribution in [-0.4, -0.2) is 34.3 Å². The Morgan fingerprint density at radius 2 is 1.83 bits per heavy atom. The predicted molar refractivity (Wildman–Crippen MR) is 128 cm³/mol. The summed E-state index contributed by atoms with van der Waals surface area (Å²) in [5, 5.41) is 4.21. The lowest BCUT2D eigenvalue weighted by Crippen LogP contribution is -2.23. The number of rotatable bonds is 8. The van der Waals surface area contributed by atoms with E-state index in [-0.39, 0.29) is 17.2 Å². The minimum atomic E-state index is -0.119. The average Bonchev–Trinajstić information content (AvgIpc) is 3.02. The lowest BCUT2D eigenvalue weighted by Gasteiger charge is -2.21. The fourth-order valence-electron chi connectivity index (χ4n) is 3.37. The summed E-state index contributed by atoms with van der Waals surface area (Å²) >= 11 is 2.82. The highest BCUT2D eigenvalue weighted by atomic mass is 32.2. The second-order valence-corrected chi connectivity index (χ2v) is 9.11. The smallest absolute Gasteiger partial charge is 0.263 e. The Morgan fingerprint density at radius 3 is 2.43 bits per heavy atom. The summed E-state index contributed by atoms with van der Waals surface area (Å²) in [6, 6.07) is 7.86. The largest absolute Gasteiger partial charge is 0.372 e. The second kappa shape index (κ2) is 9.66. The van der Waals surface area contributed by atoms with E-state index >= 15 is 0 Å². The molecule has 3 rings (SSSR count). The summed E-state index contributed by atoms with van der Waals surface area (Å²) in [6.07, 6.45) is 0. The number of thioether (sulfide) groups is 1. The van der Waals surface area contributed by atoms with Crippen molar-refractivity contribution in [2.45, 2.75) is 46.3 Å². The normalized spacial score (nSPS) is 11.1. The zero-order valence-electron chi connectivity index (χ0n) is 18.1. The van der Waals surface area contributed by atoms with E-state index in [1.807, 2.05) is 45.0 Å². The third-order valence-corrected chi connectivity index (χ3v) is 7.26. The van der Waals surface area contributed by atoms with E-state index in [0.29, 0.717) is 17.1 Å². The molecule has 1 aromatic carbocycles. The number of hydrogen-bond acceptors (Lipinski definition) is 6. The van der Waals surface area contributed by atoms with Crippen LogP contribution < -0.4 is 15.8 Å². The van der Waals surface area contributed by atoms with E-state index in [0.717, 1.165) is 39.7 Å². The molecule has 0 spiro atoms. The van der Waals surface area contributed by atoms with Gasteiger partial charge < -0.3 is 10.2 Å². The van der Waals surface area contributed by atoms with Crippen LogP contribution >= 0.6 is 23.1 Å². The van der Waals surface area contributed by atoms with Crippen LogP contribution in [0.5, 0.6) is 0 Å². The molecule has 0 atom stereocenters. The molecule has 0 aliphatic heterocycles. The van der Waals surface area contributed by atoms with Gasteiger partial charge in [-0.2, -0.15) is 0 Å². The number of anilines is 2. The maximum absolute atomic E-state index is 12.9. The summed E-state index contributed by atoms with van der Waals surface area (Å²) in [5.74, 6) is 0.0742. The van der Waals surface area contributed by atoms with Gasteiger partial charge in [0.1, 0.15) is 4.83 Å². The molecule has 0 aliphatic rings. The third kappa shape index (κ3) is 4.54. The molecule has 6 nitrogen and oxygen atoms in total. The predicted octanol–water partition coefficient (Wildman–Crippen LogP) is 4.67. The molecule has 1 amide bonds. The molecule has 30 heavy (non-hydrogen) atoms. The lowest BCUT2D eigenvalue weighted by molar-refractivity contribution is -0.113. The van der Waals surface area contributed by atoms with Gasteiger partial charge in [-0.05, 0) is 64.4 Å². The number of aryl methyl sites for hydroxylation is 2. The molecule has 0 saturated heterocycles. The molecule has 2 aromatic heterocycles. The Morgan fingerprint density at radius 1 is 1.17 bits per heavy atom. The van der Waals surface area contributed by atoms with Crippen LogP contribution in [0.1, 0.15) is 31.2 Å². The van der Waals surface area contributed by atoms with Crippen molar-refractivity contribution in [2.75, 3.05) is 29.1 Å². The van der Waals surface area contributed by atoms with Gasteiger partial charge in [0.2, 0.25) is 5.91 Å². The standard InChI is InChI=1S/C22H28N4O2S2/c1-6-25(7-2)17-11-9-16(10-12-17)23-18(27)13-29-22-24-20-19(14(4)15(5)30-20)21(28)26(22)8-3/h9-12H,6-8,13H2,1-5H3,(H,23,27). The quantitative estimate of drug-likeness (QED) is 0.404. The van der Waals surface area contributed by atoms with E-state index in [9.17, 15) is 9.59 Å². The summed E-state index contributed by atoms with van der Waals surface area (Å²) in [5.41, 5.74) is 2.87. The lowest BCUT2D eigenvalue weighted by atomic mass is 10.2. The molecule has 0 fully saturated rings. The second-order valence-electron chi connectivity index (χ2n) is 6.96. The Hall–Kier alpha value is -2.32. The number of nitrogens with zero attached hydrogens (tertiary/aromatic N) is 3. The van der Waals surface area contributed by atoms with Gasteiger partial charge in [0.05, 0.1) is 11.1 Å². The van der Waals surface area contributed by atoms with Gasteiger partial charge in [-0.3, -0.25) is 14.2 Å². The highest BCUT2D eigenvalue weighted by Crippen LogP contribution is 2.28. The monoisotopic (exact) mass is 444 g/mol. The van der Waals surface area contributed by atoms with Gasteiger partial charge in [-0.1, -0.05) is 11.8 Å². The van der Waals surface area contributed by atoms with Gasteiger partial charge in [0.15, 0.2) is 5.16 Å². The SMILES string of the molecule is CCN(CC)c1ccc(NC(=O)CSc2nc3sc(C)c(C)c3c(=O)n2CC)cc1. The number of carbonyl (C=O) groups excluding carboxylic acids is 1. The average molecular weight is 445 g/mol. The van der Waals surface area contributed by atoms with Crippen molar-refractivity contribution in [2.24, 2.45) is 0 Å². The molecule has 8 heteroatoms. The first-order valence-corrected chi connectivity index (χ1v) is 12.0. The number of benzene rings is 1. The minimum Gasteiger partial charge on any atom is -0.372 e. The van der Waals surface area contributed by atoms with E-state index in [1.165, 1.54) is 23.1 Å². The Balaban J connectivity index is 1.71. The first-order chi connectivity index (χ1) is 14.4. The molecule has 0 bridgehead atoms. The number of fused-ring (bicyclic) bond motifs is 1. The van der Waals surface area contributed by atoms with Gasteiger partial charge in [-0.25, -0.2) is 4.98 Å². The first kappa shape index (κ1) is 22.4. The van der Waals surface area contributed by atoms with Crippen molar-refractivity contribution >= 4 is 50.6 Å². The molecule has 0 aliphatic carbocycles. The van der Waals surface area contributed by atoms with E-state index < -0.39 is 0 Å². The van der Waals surface area contributed by atoms with Crippen LogP contribution in [0.2, 0.25) is 0 Å². The number of hydrogen-bond donors (Lipinski definition) is 1. The molecule has 2 heterocycles. The number of carbonyl (C=O) groups is 1. The van der Waals surface area contributed by atoms with Gasteiger partial charge >= 0.3 is 0 Å². The van der Waals surface area contributed by atoms with Crippen molar-refractivity contribution in [3.8, 4) is 0 Å². The topological polar surface area (TPSA) is 67.2 Å². The maximum atomic E-state index is 12.9. The zero-order valence-corrected chi connectivity index (χ0v) is 19.7. The van der Waals surface area contributed by atoms with Crippen LogP contribution in [0.15, 0.2) is 34.2 Å². The highest BCUT2D eigenvalue weighted by molar-refractivity contribution is 7.99. The maximum Gasteiger partial charge on any atom is 0.263 e. The van der Waals surface area contributed by atoms with Crippen molar-refractivity contribution in [1.82, 2.24) is 9.55 Å². The molecule has 3 aromatic rings. The summed E-state index contributed by atoms with van der Waals surface area (Å²) in [6.45, 7) is 12.5. The Kier molecular flexibility index (Phi) is 7.20. The molecule has 160 valence electrons. The minimum absolute atomic E-state index is 0.0285. The van der Waals surface area contributed by atoms with Crippen LogP contribution in [0.4, 0.5) is 11.4 Å². The number of aromatic nitrogens is 2. The third-order valence-electron chi connectivity index (χ3n) is 5.18. The summed E-state index contributed by atoms with van der Waals surface area (Å²) in [7, 11) is 0. The molecular formula is C22H28N4O2S2. The van der Waals surface area contributed by atoms with Crippen LogP contribution in [-0.2, 0) is 11.3 Å². The van der Waals surface area contributed by atoms with E-state index in [1.54, 1.807) is 4.57 Å². The first-order valence-electron chi connectivity index (χ1n) is 10.2. The molecule has 0 unspecified atom stereocenters. The highest BCUT2D eigenvalue weighted by Gasteiger charge is 2.17. The molecule has 1 N–H and O–H groups in total. The Labute approximate surface area is 185 Å². The van der Waals surface area contributed by atoms with Gasteiger partial charge in [0, 0.05) is 35.9 Å². The van der Waals surface area contributed by atoms with Gasteiger partial charge in [-0.15, -0.1) is 11.3 Å². The van der Waals surface area contributed by atoms with Crippen LogP contribution in [0.25, 0.3) is 10.2 Å². The fraction of sp³-hybridized carbons (Fsp3) is 0.409. The number of thiophene rings is 1. The molecule has 0 saturated carbocycles. The van der Waals surface area contributed by atoms with Crippen molar-refractivity contribution in [3.05, 3.63) is 45.1 Å². The van der Waals surface area contributed by atoms with E-state index in [4.69, 9.17) is 0 Å².